The van der Waals surface area contributed by atoms with Crippen LogP contribution in [0.3, 0.4) is 0 Å². The van der Waals surface area contributed by atoms with Crippen molar-refractivity contribution < 1.29 is 21.6 Å². The summed E-state index contributed by atoms with van der Waals surface area (Å²) < 4.78 is 64.2. The van der Waals surface area contributed by atoms with Gasteiger partial charge in [0.05, 0.1) is 4.91 Å². The molecule has 20 heavy (non-hydrogen) atoms. The molecule has 0 saturated carbocycles. The molecule has 1 atom stereocenters. The summed E-state index contributed by atoms with van der Waals surface area (Å²) in [6.07, 6.45) is -2.14. The number of sulfonamides is 1. The van der Waals surface area contributed by atoms with Gasteiger partial charge in [-0.2, -0.15) is 13.2 Å². The van der Waals surface area contributed by atoms with Crippen molar-refractivity contribution in [2.45, 2.75) is 31.5 Å². The van der Waals surface area contributed by atoms with Gasteiger partial charge >= 0.3 is 6.18 Å². The Balaban J connectivity index is 2.08. The average Bonchev–Trinajstić information content (AvgIpc) is 2.73. The third-order valence-corrected chi connectivity index (χ3v) is 5.21. The van der Waals surface area contributed by atoms with Gasteiger partial charge in [-0.15, -0.1) is 0 Å². The Labute approximate surface area is 116 Å². The van der Waals surface area contributed by atoms with Crippen molar-refractivity contribution >= 4 is 10.0 Å². The number of hydrogen-bond donors (Lipinski definition) is 1. The monoisotopic (exact) mass is 310 g/mol. The molecular formula is C12H17F3N2O2S. The Bertz CT molecular complexity index is 537. The highest BCUT2D eigenvalue weighted by atomic mass is 32.2. The SMILES string of the molecule is CN1CCC(NS(=O)(=O)C2=CC=C(C(F)(F)F)CC2)C1. The first-order chi connectivity index (χ1) is 9.18. The van der Waals surface area contributed by atoms with Gasteiger partial charge in [-0.25, -0.2) is 13.1 Å². The van der Waals surface area contributed by atoms with Crippen LogP contribution in [0.5, 0.6) is 0 Å². The van der Waals surface area contributed by atoms with Gasteiger partial charge in [-0.1, -0.05) is 6.08 Å². The highest BCUT2D eigenvalue weighted by Gasteiger charge is 2.35. The molecule has 1 aliphatic heterocycles. The first kappa shape index (κ1) is 15.5. The maximum Gasteiger partial charge on any atom is 0.412 e. The van der Waals surface area contributed by atoms with Crippen LogP contribution in [0.1, 0.15) is 19.3 Å². The van der Waals surface area contributed by atoms with Crippen LogP contribution in [0, 0.1) is 0 Å². The molecule has 0 radical (unpaired) electrons. The van der Waals surface area contributed by atoms with E-state index in [-0.39, 0.29) is 23.8 Å². The lowest BCUT2D eigenvalue weighted by Crippen LogP contribution is -2.37. The Hall–Kier alpha value is -0.860. The van der Waals surface area contributed by atoms with Gasteiger partial charge in [0.2, 0.25) is 10.0 Å². The fourth-order valence-electron chi connectivity index (χ4n) is 2.40. The summed E-state index contributed by atoms with van der Waals surface area (Å²) in [5.41, 5.74) is -0.683. The maximum atomic E-state index is 12.5. The fraction of sp³-hybridized carbons (Fsp3) is 0.667. The summed E-state index contributed by atoms with van der Waals surface area (Å²) in [6, 6.07) is -0.168. The van der Waals surface area contributed by atoms with E-state index in [2.05, 4.69) is 4.72 Å². The van der Waals surface area contributed by atoms with E-state index in [0.717, 1.165) is 18.7 Å². The Morgan fingerprint density at radius 2 is 2.00 bits per heavy atom. The summed E-state index contributed by atoms with van der Waals surface area (Å²) >= 11 is 0. The fourth-order valence-corrected chi connectivity index (χ4v) is 3.81. The van der Waals surface area contributed by atoms with Crippen LogP contribution >= 0.6 is 0 Å². The van der Waals surface area contributed by atoms with Crippen molar-refractivity contribution in [1.29, 1.82) is 0 Å². The lowest BCUT2D eigenvalue weighted by atomic mass is 10.1. The van der Waals surface area contributed by atoms with Crippen molar-refractivity contribution in [1.82, 2.24) is 9.62 Å². The van der Waals surface area contributed by atoms with Crippen LogP contribution in [0.2, 0.25) is 0 Å². The minimum Gasteiger partial charge on any atom is -0.305 e. The quantitative estimate of drug-likeness (QED) is 0.864. The summed E-state index contributed by atoms with van der Waals surface area (Å²) in [6.45, 7) is 1.43. The molecule has 1 saturated heterocycles. The Kier molecular flexibility index (Phi) is 4.27. The van der Waals surface area contributed by atoms with Gasteiger partial charge in [0.25, 0.3) is 0 Å². The largest absolute Gasteiger partial charge is 0.412 e. The number of rotatable bonds is 3. The average molecular weight is 310 g/mol. The molecule has 0 aromatic carbocycles. The number of halogens is 3. The third-order valence-electron chi connectivity index (χ3n) is 3.53. The molecule has 0 aromatic heterocycles. The van der Waals surface area contributed by atoms with Crippen molar-refractivity contribution in [2.75, 3.05) is 20.1 Å². The van der Waals surface area contributed by atoms with Gasteiger partial charge in [-0.05, 0) is 38.9 Å². The molecule has 1 aliphatic carbocycles. The lowest BCUT2D eigenvalue weighted by molar-refractivity contribution is -0.0940. The molecule has 1 heterocycles. The van der Waals surface area contributed by atoms with Gasteiger partial charge < -0.3 is 4.90 Å². The molecule has 2 rings (SSSR count). The van der Waals surface area contributed by atoms with Crippen molar-refractivity contribution in [3.05, 3.63) is 22.6 Å². The van der Waals surface area contributed by atoms with E-state index in [1.54, 1.807) is 0 Å². The van der Waals surface area contributed by atoms with E-state index >= 15 is 0 Å². The van der Waals surface area contributed by atoms with Crippen LogP contribution in [0.25, 0.3) is 0 Å². The van der Waals surface area contributed by atoms with E-state index in [9.17, 15) is 21.6 Å². The molecule has 0 aromatic rings. The van der Waals surface area contributed by atoms with Crippen LogP contribution in [0.4, 0.5) is 13.2 Å². The Morgan fingerprint density at radius 3 is 2.45 bits per heavy atom. The molecule has 4 nitrogen and oxygen atoms in total. The van der Waals surface area contributed by atoms with Crippen LogP contribution < -0.4 is 4.72 Å². The molecule has 114 valence electrons. The Morgan fingerprint density at radius 1 is 1.30 bits per heavy atom. The second-order valence-corrected chi connectivity index (χ2v) is 6.96. The zero-order valence-corrected chi connectivity index (χ0v) is 11.9. The van der Waals surface area contributed by atoms with Crippen LogP contribution in [-0.4, -0.2) is 45.7 Å². The molecule has 1 unspecified atom stereocenters. The smallest absolute Gasteiger partial charge is 0.305 e. The molecule has 0 bridgehead atoms. The number of nitrogens with zero attached hydrogens (tertiary/aromatic N) is 1. The normalized spacial score (nSPS) is 25.5. The van der Waals surface area contributed by atoms with Gasteiger partial charge in [0.15, 0.2) is 0 Å². The highest BCUT2D eigenvalue weighted by molar-refractivity contribution is 7.93. The second-order valence-electron chi connectivity index (χ2n) is 5.19. The predicted molar refractivity (Wildman–Crippen MR) is 69.4 cm³/mol. The highest BCUT2D eigenvalue weighted by Crippen LogP contribution is 2.34. The number of likely N-dealkylation sites (tertiary alicyclic amines) is 1. The number of nitrogens with one attached hydrogen (secondary N) is 1. The predicted octanol–water partition coefficient (Wildman–Crippen LogP) is 1.78. The first-order valence-electron chi connectivity index (χ1n) is 6.36. The lowest BCUT2D eigenvalue weighted by Gasteiger charge is -2.19. The van der Waals surface area contributed by atoms with E-state index in [1.165, 1.54) is 0 Å². The zero-order chi connectivity index (χ0) is 15.0. The van der Waals surface area contributed by atoms with Crippen LogP contribution in [-0.2, 0) is 10.0 Å². The molecule has 0 amide bonds. The van der Waals surface area contributed by atoms with E-state index in [4.69, 9.17) is 0 Å². The van der Waals surface area contributed by atoms with Crippen molar-refractivity contribution in [3.63, 3.8) is 0 Å². The number of likely N-dealkylation sites (N-methyl/N-ethyl adjacent to an activating group) is 1. The molecule has 1 fully saturated rings. The standard InChI is InChI=1S/C12H17F3N2O2S/c1-17-7-6-10(8-17)16-20(18,19)11-4-2-9(3-5-11)12(13,14)15/h2,4,10,16H,3,5-8H2,1H3. The number of hydrogen-bond acceptors (Lipinski definition) is 3. The van der Waals surface area contributed by atoms with Gasteiger partial charge in [0.1, 0.15) is 0 Å². The van der Waals surface area contributed by atoms with Gasteiger partial charge in [0, 0.05) is 18.2 Å². The van der Waals surface area contributed by atoms with Crippen molar-refractivity contribution in [2.24, 2.45) is 0 Å². The summed E-state index contributed by atoms with van der Waals surface area (Å²) in [4.78, 5) is 2.03. The molecule has 8 heteroatoms. The topological polar surface area (TPSA) is 49.4 Å². The van der Waals surface area contributed by atoms with Crippen LogP contribution in [0.15, 0.2) is 22.6 Å². The minimum atomic E-state index is -4.38. The minimum absolute atomic E-state index is 0.0278. The zero-order valence-electron chi connectivity index (χ0n) is 11.1. The second kappa shape index (κ2) is 5.50. The van der Waals surface area contributed by atoms with E-state index < -0.39 is 21.8 Å². The maximum absolute atomic E-state index is 12.5. The number of alkyl halides is 3. The van der Waals surface area contributed by atoms with Gasteiger partial charge in [-0.3, -0.25) is 0 Å². The summed E-state index contributed by atoms with van der Waals surface area (Å²) in [7, 11) is -1.79. The third kappa shape index (κ3) is 3.62. The summed E-state index contributed by atoms with van der Waals surface area (Å²) in [5, 5.41) is 0. The van der Waals surface area contributed by atoms with E-state index in [0.29, 0.717) is 13.0 Å². The molecule has 1 N–H and O–H groups in total. The number of allylic oxidation sites excluding steroid dienone is 4. The molecule has 0 spiro atoms. The molecule has 2 aliphatic rings. The van der Waals surface area contributed by atoms with Crippen molar-refractivity contribution in [3.8, 4) is 0 Å². The first-order valence-corrected chi connectivity index (χ1v) is 7.84. The summed E-state index contributed by atoms with van der Waals surface area (Å²) in [5.74, 6) is 0. The van der Waals surface area contributed by atoms with E-state index in [1.807, 2.05) is 11.9 Å². The molecular weight excluding hydrogens is 293 g/mol.